The van der Waals surface area contributed by atoms with E-state index >= 15 is 0 Å². The molecule has 164 valence electrons. The van der Waals surface area contributed by atoms with E-state index in [1.165, 1.54) is 25.7 Å². The maximum Gasteiger partial charge on any atom is 0.220 e. The summed E-state index contributed by atoms with van der Waals surface area (Å²) in [5.41, 5.74) is 0.327. The lowest BCUT2D eigenvalue weighted by atomic mass is 9.83. The van der Waals surface area contributed by atoms with E-state index in [4.69, 9.17) is 9.73 Å². The fourth-order valence-corrected chi connectivity index (χ4v) is 4.43. The van der Waals surface area contributed by atoms with Gasteiger partial charge >= 0.3 is 0 Å². The van der Waals surface area contributed by atoms with Gasteiger partial charge in [0, 0.05) is 52.9 Å². The topological polar surface area (TPSA) is 66.0 Å². The van der Waals surface area contributed by atoms with Gasteiger partial charge in [0.2, 0.25) is 5.91 Å². The molecule has 0 atom stereocenters. The van der Waals surface area contributed by atoms with Gasteiger partial charge < -0.3 is 20.3 Å². The zero-order valence-electron chi connectivity index (χ0n) is 18.1. The molecule has 0 unspecified atom stereocenters. The van der Waals surface area contributed by atoms with Crippen LogP contribution in [0.3, 0.4) is 0 Å². The maximum atomic E-state index is 11.6. The molecule has 1 heterocycles. The van der Waals surface area contributed by atoms with Crippen LogP contribution >= 0.6 is 24.0 Å². The Balaban J connectivity index is 0.00000392. The number of likely N-dealkylation sites (tertiary alicyclic amines) is 1. The van der Waals surface area contributed by atoms with Gasteiger partial charge in [-0.25, -0.2) is 0 Å². The highest BCUT2D eigenvalue weighted by Crippen LogP contribution is 2.41. The second kappa shape index (κ2) is 13.6. The summed E-state index contributed by atoms with van der Waals surface area (Å²) in [5, 5.41) is 6.24. The Labute approximate surface area is 188 Å². The molecule has 0 aromatic carbocycles. The maximum absolute atomic E-state index is 11.6. The van der Waals surface area contributed by atoms with Crippen LogP contribution in [0.2, 0.25) is 0 Å². The summed E-state index contributed by atoms with van der Waals surface area (Å²) in [6, 6.07) is 0. The SMILES string of the molecule is CCNC(=NCC1(CCOCC)CCCC1)N1CCC(CC(=O)NC)CC1.I. The van der Waals surface area contributed by atoms with Crippen molar-refractivity contribution in [3.8, 4) is 0 Å². The van der Waals surface area contributed by atoms with Crippen LogP contribution in [0.4, 0.5) is 0 Å². The first-order chi connectivity index (χ1) is 13.1. The van der Waals surface area contributed by atoms with E-state index in [0.29, 0.717) is 17.8 Å². The smallest absolute Gasteiger partial charge is 0.220 e. The van der Waals surface area contributed by atoms with Crippen LogP contribution in [-0.4, -0.2) is 63.2 Å². The van der Waals surface area contributed by atoms with E-state index in [2.05, 4.69) is 29.4 Å². The summed E-state index contributed by atoms with van der Waals surface area (Å²) in [4.78, 5) is 19.1. The lowest BCUT2D eigenvalue weighted by molar-refractivity contribution is -0.121. The van der Waals surface area contributed by atoms with Crippen LogP contribution < -0.4 is 10.6 Å². The molecule has 1 amide bonds. The number of rotatable bonds is 9. The van der Waals surface area contributed by atoms with Crippen molar-refractivity contribution in [1.82, 2.24) is 15.5 Å². The van der Waals surface area contributed by atoms with E-state index in [9.17, 15) is 4.79 Å². The number of nitrogens with zero attached hydrogens (tertiary/aromatic N) is 2. The zero-order chi connectivity index (χ0) is 19.5. The van der Waals surface area contributed by atoms with Crippen LogP contribution in [-0.2, 0) is 9.53 Å². The van der Waals surface area contributed by atoms with Crippen molar-refractivity contribution in [2.75, 3.05) is 46.4 Å². The molecule has 28 heavy (non-hydrogen) atoms. The quantitative estimate of drug-likeness (QED) is 0.217. The monoisotopic (exact) mass is 508 g/mol. The van der Waals surface area contributed by atoms with Crippen LogP contribution in [0, 0.1) is 11.3 Å². The minimum absolute atomic E-state index is 0. The van der Waals surface area contributed by atoms with Gasteiger partial charge in [-0.3, -0.25) is 9.79 Å². The number of carbonyl (C=O) groups excluding carboxylic acids is 1. The standard InChI is InChI=1S/C21H40N4O2.HI/c1-4-23-20(25-13-8-18(9-14-25)16-19(26)22-3)24-17-21(10-6-7-11-21)12-15-27-5-2;/h18H,4-17H2,1-3H3,(H,22,26)(H,23,24);1H. The van der Waals surface area contributed by atoms with Gasteiger partial charge in [0.15, 0.2) is 5.96 Å². The normalized spacial score (nSPS) is 20.0. The van der Waals surface area contributed by atoms with Gasteiger partial charge in [-0.2, -0.15) is 0 Å². The van der Waals surface area contributed by atoms with E-state index in [-0.39, 0.29) is 29.9 Å². The van der Waals surface area contributed by atoms with E-state index in [0.717, 1.165) is 64.6 Å². The Morgan fingerprint density at radius 1 is 1.21 bits per heavy atom. The van der Waals surface area contributed by atoms with Crippen molar-refractivity contribution in [3.63, 3.8) is 0 Å². The molecule has 1 saturated carbocycles. The van der Waals surface area contributed by atoms with Gasteiger partial charge in [0.25, 0.3) is 0 Å². The molecule has 0 spiro atoms. The Morgan fingerprint density at radius 2 is 1.89 bits per heavy atom. The minimum Gasteiger partial charge on any atom is -0.382 e. The molecule has 1 saturated heterocycles. The number of hydrogen-bond donors (Lipinski definition) is 2. The molecular formula is C21H41IN4O2. The predicted octanol–water partition coefficient (Wildman–Crippen LogP) is 3.41. The first kappa shape index (κ1) is 25.5. The van der Waals surface area contributed by atoms with E-state index in [1.807, 2.05) is 0 Å². The van der Waals surface area contributed by atoms with Crippen molar-refractivity contribution in [2.24, 2.45) is 16.3 Å². The molecule has 1 aliphatic heterocycles. The summed E-state index contributed by atoms with van der Waals surface area (Å²) >= 11 is 0. The molecular weight excluding hydrogens is 467 g/mol. The number of carbonyl (C=O) groups is 1. The van der Waals surface area contributed by atoms with Gasteiger partial charge in [0.1, 0.15) is 0 Å². The summed E-state index contributed by atoms with van der Waals surface area (Å²) in [6.45, 7) is 9.62. The predicted molar refractivity (Wildman–Crippen MR) is 126 cm³/mol. The molecule has 0 aromatic heterocycles. The molecule has 1 aliphatic carbocycles. The Hall–Kier alpha value is -0.570. The molecule has 2 N–H and O–H groups in total. The van der Waals surface area contributed by atoms with Crippen molar-refractivity contribution < 1.29 is 9.53 Å². The fourth-order valence-electron chi connectivity index (χ4n) is 4.43. The first-order valence-corrected chi connectivity index (χ1v) is 10.9. The molecule has 2 fully saturated rings. The summed E-state index contributed by atoms with van der Waals surface area (Å²) in [6.07, 6.45) is 9.09. The minimum atomic E-state index is 0. The summed E-state index contributed by atoms with van der Waals surface area (Å²) in [5.74, 6) is 1.71. The second-order valence-corrected chi connectivity index (χ2v) is 8.13. The molecule has 0 bridgehead atoms. The zero-order valence-corrected chi connectivity index (χ0v) is 20.4. The van der Waals surface area contributed by atoms with Crippen molar-refractivity contribution in [2.45, 2.75) is 65.2 Å². The Morgan fingerprint density at radius 3 is 2.46 bits per heavy atom. The molecule has 2 rings (SSSR count). The third-order valence-corrected chi connectivity index (χ3v) is 6.21. The largest absolute Gasteiger partial charge is 0.382 e. The fraction of sp³-hybridized carbons (Fsp3) is 0.905. The highest BCUT2D eigenvalue weighted by molar-refractivity contribution is 14.0. The number of guanidine groups is 1. The van der Waals surface area contributed by atoms with Gasteiger partial charge in [-0.15, -0.1) is 24.0 Å². The average molecular weight is 508 g/mol. The van der Waals surface area contributed by atoms with Crippen LogP contribution in [0.15, 0.2) is 4.99 Å². The molecule has 0 aromatic rings. The van der Waals surface area contributed by atoms with Crippen LogP contribution in [0.5, 0.6) is 0 Å². The summed E-state index contributed by atoms with van der Waals surface area (Å²) < 4.78 is 5.64. The first-order valence-electron chi connectivity index (χ1n) is 10.9. The van der Waals surface area contributed by atoms with E-state index in [1.54, 1.807) is 7.05 Å². The number of nitrogens with one attached hydrogen (secondary N) is 2. The Kier molecular flexibility index (Phi) is 12.4. The molecule has 2 aliphatic rings. The third kappa shape index (κ3) is 8.05. The lowest BCUT2D eigenvalue weighted by Crippen LogP contribution is -2.46. The van der Waals surface area contributed by atoms with E-state index < -0.39 is 0 Å². The second-order valence-electron chi connectivity index (χ2n) is 8.13. The molecule has 6 nitrogen and oxygen atoms in total. The number of amides is 1. The Bertz CT molecular complexity index is 473. The van der Waals surface area contributed by atoms with Crippen LogP contribution in [0.1, 0.15) is 65.2 Å². The van der Waals surface area contributed by atoms with Crippen LogP contribution in [0.25, 0.3) is 0 Å². The number of aliphatic imine (C=N–C) groups is 1. The number of piperidine rings is 1. The van der Waals surface area contributed by atoms with Crippen molar-refractivity contribution >= 4 is 35.8 Å². The molecule has 7 heteroatoms. The number of hydrogen-bond acceptors (Lipinski definition) is 3. The van der Waals surface area contributed by atoms with Gasteiger partial charge in [-0.1, -0.05) is 12.8 Å². The number of halogens is 1. The highest BCUT2D eigenvalue weighted by atomic mass is 127. The average Bonchev–Trinajstić information content (AvgIpc) is 3.15. The third-order valence-electron chi connectivity index (χ3n) is 6.21. The summed E-state index contributed by atoms with van der Waals surface area (Å²) in [7, 11) is 1.72. The lowest BCUT2D eigenvalue weighted by Gasteiger charge is -2.35. The molecule has 0 radical (unpaired) electrons. The van der Waals surface area contributed by atoms with Gasteiger partial charge in [-0.05, 0) is 57.3 Å². The van der Waals surface area contributed by atoms with Gasteiger partial charge in [0.05, 0.1) is 0 Å². The van der Waals surface area contributed by atoms with Crippen molar-refractivity contribution in [1.29, 1.82) is 0 Å². The highest BCUT2D eigenvalue weighted by Gasteiger charge is 2.34. The van der Waals surface area contributed by atoms with Crippen molar-refractivity contribution in [3.05, 3.63) is 0 Å². The number of ether oxygens (including phenoxy) is 1.